The molecule has 5 N–H and O–H groups in total. The molecule has 2 heterocycles. The van der Waals surface area contributed by atoms with Crippen molar-refractivity contribution in [1.29, 1.82) is 0 Å². The van der Waals surface area contributed by atoms with Crippen molar-refractivity contribution >= 4 is 47.2 Å². The standard InChI is InChI=1S/C32H42N4O11.C23H40O4/c1-17(2)29(35-26(39)15-36-27(40)9-10-28(36)41)30(42)33-14-25(38)34-21-7-5-20(16-46-32(45)18(3)4)19(11-21)6-8-23-12-22(37)13-24(47-23)31(43)44;1-17(2)24-14-13-22(7,8)26-19-12-11-18(3)15-20(19)27-23(9,10)16-25-21(4,5)6/h5,7,9-11,17-18,22-24,29,37H,6,8,12-16H2,1-4H3,(H,33,42)(H,34,38)(H,35,39)(H,43,44);11-12,15,17H,13-14,16H2,1-10H3. The van der Waals surface area contributed by atoms with E-state index in [-0.39, 0.29) is 48.6 Å². The summed E-state index contributed by atoms with van der Waals surface area (Å²) < 4.78 is 35.3. The largest absolute Gasteiger partial charge is 0.484 e. The summed E-state index contributed by atoms with van der Waals surface area (Å²) in [4.78, 5) is 85.9. The Balaban J connectivity index is 0.000000454. The molecule has 0 spiro atoms. The zero-order valence-electron chi connectivity index (χ0n) is 45.9. The number of carboxylic acid groups (broad SMARTS) is 1. The quantitative estimate of drug-likeness (QED) is 0.0535. The summed E-state index contributed by atoms with van der Waals surface area (Å²) in [5.41, 5.74) is 1.86. The highest BCUT2D eigenvalue weighted by Crippen LogP contribution is 2.35. The SMILES string of the molecule is CC(C)C(=O)OCc1ccc(NC(=O)CNC(=O)C(NC(=O)CN2C(=O)C=CC2=O)C(C)C)cc1CCC1CC(O)CC(C(=O)O)O1.Cc1ccc(OC(C)(C)CCOC(C)C)c(OC(C)(C)COC(C)(C)C)c1. The molecule has 0 radical (unpaired) electrons. The van der Waals surface area contributed by atoms with E-state index in [0.717, 1.165) is 40.5 Å². The number of benzene rings is 2. The van der Waals surface area contributed by atoms with Crippen LogP contribution in [0.25, 0.3) is 0 Å². The smallest absolute Gasteiger partial charge is 0.332 e. The molecule has 2 aliphatic rings. The molecule has 1 saturated heterocycles. The molecule has 0 aliphatic carbocycles. The Morgan fingerprint density at radius 2 is 1.47 bits per heavy atom. The van der Waals surface area contributed by atoms with Gasteiger partial charge in [0.15, 0.2) is 17.6 Å². The summed E-state index contributed by atoms with van der Waals surface area (Å²) in [6.07, 6.45) is 1.65. The number of nitrogens with one attached hydrogen (secondary N) is 3. The summed E-state index contributed by atoms with van der Waals surface area (Å²) in [6.45, 7) is 27.4. The number of carbonyl (C=O) groups excluding carboxylic acids is 6. The Bertz CT molecular complexity index is 2260. The van der Waals surface area contributed by atoms with E-state index >= 15 is 0 Å². The monoisotopic (exact) mass is 1040 g/mol. The highest BCUT2D eigenvalue weighted by molar-refractivity contribution is 6.14. The first-order chi connectivity index (χ1) is 34.3. The van der Waals surface area contributed by atoms with Crippen molar-refractivity contribution < 1.29 is 72.2 Å². The lowest BCUT2D eigenvalue weighted by atomic mass is 9.94. The number of esters is 1. The van der Waals surface area contributed by atoms with Gasteiger partial charge in [-0.05, 0) is 135 Å². The fourth-order valence-corrected chi connectivity index (χ4v) is 7.40. The molecule has 4 unspecified atom stereocenters. The van der Waals surface area contributed by atoms with Crippen molar-refractivity contribution in [1.82, 2.24) is 15.5 Å². The number of aryl methyl sites for hydroxylation is 2. The van der Waals surface area contributed by atoms with Crippen molar-refractivity contribution in [2.75, 3.05) is 31.6 Å². The lowest BCUT2D eigenvalue weighted by molar-refractivity contribution is -0.166. The number of anilines is 1. The lowest BCUT2D eigenvalue weighted by Gasteiger charge is -2.33. The van der Waals surface area contributed by atoms with Crippen LogP contribution in [0.4, 0.5) is 5.69 Å². The van der Waals surface area contributed by atoms with Gasteiger partial charge in [-0.2, -0.15) is 0 Å². The molecule has 2 aromatic carbocycles. The molecular weight excluding hydrogens is 957 g/mol. The number of imide groups is 1. The second-order valence-electron chi connectivity index (χ2n) is 21.9. The van der Waals surface area contributed by atoms with E-state index < -0.39 is 84.5 Å². The second-order valence-corrected chi connectivity index (χ2v) is 21.9. The van der Waals surface area contributed by atoms with Crippen LogP contribution in [0.5, 0.6) is 11.5 Å². The molecule has 412 valence electrons. The van der Waals surface area contributed by atoms with E-state index in [2.05, 4.69) is 36.7 Å². The molecule has 74 heavy (non-hydrogen) atoms. The second kappa shape index (κ2) is 28.1. The number of hydrogen-bond donors (Lipinski definition) is 5. The molecule has 5 amide bonds. The van der Waals surface area contributed by atoms with Crippen LogP contribution in [0.3, 0.4) is 0 Å². The Morgan fingerprint density at radius 3 is 2.07 bits per heavy atom. The van der Waals surface area contributed by atoms with Gasteiger partial charge in [0.05, 0.1) is 49.6 Å². The molecule has 4 rings (SSSR count). The average Bonchev–Trinajstić information content (AvgIpc) is 3.60. The molecule has 0 saturated carbocycles. The number of ether oxygens (including phenoxy) is 6. The maximum atomic E-state index is 12.9. The van der Waals surface area contributed by atoms with E-state index in [9.17, 15) is 43.8 Å². The van der Waals surface area contributed by atoms with Crippen LogP contribution in [-0.2, 0) is 65.5 Å². The lowest BCUT2D eigenvalue weighted by Crippen LogP contribution is -2.53. The van der Waals surface area contributed by atoms with Crippen molar-refractivity contribution in [3.05, 3.63) is 65.2 Å². The van der Waals surface area contributed by atoms with Gasteiger partial charge in [0, 0.05) is 30.7 Å². The maximum absolute atomic E-state index is 12.9. The average molecular weight is 1040 g/mol. The Hall–Kier alpha value is -5.89. The van der Waals surface area contributed by atoms with Crippen LogP contribution in [0.1, 0.15) is 132 Å². The van der Waals surface area contributed by atoms with Crippen molar-refractivity contribution in [3.63, 3.8) is 0 Å². The molecule has 4 atom stereocenters. The van der Waals surface area contributed by atoms with Gasteiger partial charge in [0.2, 0.25) is 17.7 Å². The van der Waals surface area contributed by atoms with E-state index in [0.29, 0.717) is 42.9 Å². The highest BCUT2D eigenvalue weighted by atomic mass is 16.6. The minimum atomic E-state index is -1.15. The number of nitrogens with zero attached hydrogens (tertiary/aromatic N) is 1. The van der Waals surface area contributed by atoms with Gasteiger partial charge < -0.3 is 54.6 Å². The summed E-state index contributed by atoms with van der Waals surface area (Å²) in [5, 5.41) is 27.2. The predicted molar refractivity (Wildman–Crippen MR) is 277 cm³/mol. The molecular formula is C55H82N4O15. The molecule has 1 fully saturated rings. The Morgan fingerprint density at radius 1 is 0.824 bits per heavy atom. The van der Waals surface area contributed by atoms with Gasteiger partial charge in [-0.1, -0.05) is 39.8 Å². The normalized spacial score (nSPS) is 17.4. The van der Waals surface area contributed by atoms with Gasteiger partial charge in [0.1, 0.15) is 30.4 Å². The van der Waals surface area contributed by atoms with Gasteiger partial charge >= 0.3 is 11.9 Å². The molecule has 0 bridgehead atoms. The third-order valence-electron chi connectivity index (χ3n) is 11.5. The van der Waals surface area contributed by atoms with Gasteiger partial charge in [-0.3, -0.25) is 33.7 Å². The zero-order valence-corrected chi connectivity index (χ0v) is 45.9. The van der Waals surface area contributed by atoms with Crippen LogP contribution in [0.15, 0.2) is 48.6 Å². The molecule has 2 aliphatic heterocycles. The van der Waals surface area contributed by atoms with Crippen molar-refractivity contribution in [2.24, 2.45) is 11.8 Å². The number of carboxylic acids is 1. The Labute approximate surface area is 436 Å². The Kier molecular flexibility index (Phi) is 23.7. The number of aliphatic hydroxyl groups excluding tert-OH is 1. The summed E-state index contributed by atoms with van der Waals surface area (Å²) in [6, 6.07) is 9.97. The van der Waals surface area contributed by atoms with E-state index in [1.54, 1.807) is 45.9 Å². The number of aliphatic hydroxyl groups is 1. The number of aliphatic carboxylic acids is 1. The number of rotatable bonds is 25. The number of carbonyl (C=O) groups is 7. The van der Waals surface area contributed by atoms with Crippen molar-refractivity contribution in [2.45, 2.75) is 183 Å². The van der Waals surface area contributed by atoms with Crippen molar-refractivity contribution in [3.8, 4) is 11.5 Å². The van der Waals surface area contributed by atoms with Gasteiger partial charge in [-0.25, -0.2) is 4.79 Å². The first-order valence-corrected chi connectivity index (χ1v) is 25.3. The maximum Gasteiger partial charge on any atom is 0.332 e. The van der Waals surface area contributed by atoms with Gasteiger partial charge in [0.25, 0.3) is 11.8 Å². The molecule has 2 aromatic rings. The van der Waals surface area contributed by atoms with Gasteiger partial charge in [-0.15, -0.1) is 0 Å². The highest BCUT2D eigenvalue weighted by Gasteiger charge is 2.34. The van der Waals surface area contributed by atoms with Crippen LogP contribution in [0.2, 0.25) is 0 Å². The first-order valence-electron chi connectivity index (χ1n) is 25.3. The fourth-order valence-electron chi connectivity index (χ4n) is 7.40. The van der Waals surface area contributed by atoms with Crippen LogP contribution in [-0.4, -0.2) is 130 Å². The van der Waals surface area contributed by atoms with Crippen LogP contribution in [0, 0.1) is 18.8 Å². The molecule has 0 aromatic heterocycles. The van der Waals surface area contributed by atoms with E-state index in [4.69, 9.17) is 28.4 Å². The first kappa shape index (κ1) is 62.4. The van der Waals surface area contributed by atoms with E-state index in [1.165, 1.54) is 0 Å². The fraction of sp³-hybridized carbons (Fsp3) is 0.618. The number of hydrogen-bond acceptors (Lipinski definition) is 14. The van der Waals surface area contributed by atoms with E-state index in [1.807, 2.05) is 66.7 Å². The molecule has 19 nitrogen and oxygen atoms in total. The summed E-state index contributed by atoms with van der Waals surface area (Å²) in [5.74, 6) is -3.96. The summed E-state index contributed by atoms with van der Waals surface area (Å²) in [7, 11) is 0. The topological polar surface area (TPSA) is 255 Å². The van der Waals surface area contributed by atoms with Crippen LogP contribution < -0.4 is 25.4 Å². The summed E-state index contributed by atoms with van der Waals surface area (Å²) >= 11 is 0. The third kappa shape index (κ3) is 22.3. The van der Waals surface area contributed by atoms with Crippen LogP contribution >= 0.6 is 0 Å². The third-order valence-corrected chi connectivity index (χ3v) is 11.5. The number of amides is 5. The minimum absolute atomic E-state index is 0.00289. The molecule has 19 heteroatoms. The minimum Gasteiger partial charge on any atom is -0.484 e. The predicted octanol–water partition coefficient (Wildman–Crippen LogP) is 6.37. The zero-order chi connectivity index (χ0) is 55.7.